The molecule has 3 aromatic rings. The zero-order chi connectivity index (χ0) is 16.6. The molecule has 0 aliphatic rings. The van der Waals surface area contributed by atoms with Crippen LogP contribution < -0.4 is 4.18 Å². The molecule has 0 fully saturated rings. The van der Waals surface area contributed by atoms with E-state index in [0.29, 0.717) is 21.7 Å². The summed E-state index contributed by atoms with van der Waals surface area (Å²) in [4.78, 5) is 4.41. The van der Waals surface area contributed by atoms with Gasteiger partial charge in [-0.1, -0.05) is 17.7 Å². The number of benzene rings is 2. The molecule has 0 radical (unpaired) electrons. The summed E-state index contributed by atoms with van der Waals surface area (Å²) in [7, 11) is -3.68. The molecule has 120 valence electrons. The first kappa shape index (κ1) is 15.8. The summed E-state index contributed by atoms with van der Waals surface area (Å²) in [5.41, 5.74) is 2.79. The van der Waals surface area contributed by atoms with Gasteiger partial charge in [0.2, 0.25) is 5.89 Å². The summed E-state index contributed by atoms with van der Waals surface area (Å²) < 4.78 is 34.4. The number of aryl methyl sites for hydroxylation is 1. The Kier molecular flexibility index (Phi) is 4.04. The first-order valence-electron chi connectivity index (χ1n) is 6.97. The van der Waals surface area contributed by atoms with Gasteiger partial charge in [0.25, 0.3) is 0 Å². The number of oxazole rings is 1. The standard InChI is InChI=1S/C16H14ClNO4S/c1-3-23(19,20)22-15-9-11(17)5-6-12(15)16-18-13-8-10(2)4-7-14(13)21-16/h4-9H,3H2,1-2H3. The maximum Gasteiger partial charge on any atom is 0.308 e. The lowest BCUT2D eigenvalue weighted by molar-refractivity contribution is 0.487. The van der Waals surface area contributed by atoms with E-state index < -0.39 is 10.1 Å². The van der Waals surface area contributed by atoms with Crippen LogP contribution >= 0.6 is 11.6 Å². The lowest BCUT2D eigenvalue weighted by Gasteiger charge is -2.08. The fourth-order valence-electron chi connectivity index (χ4n) is 2.09. The minimum atomic E-state index is -3.68. The zero-order valence-corrected chi connectivity index (χ0v) is 14.1. The van der Waals surface area contributed by atoms with Crippen LogP contribution in [0.2, 0.25) is 5.02 Å². The monoisotopic (exact) mass is 351 g/mol. The Labute approximate surface area is 139 Å². The Morgan fingerprint density at radius 1 is 1.22 bits per heavy atom. The van der Waals surface area contributed by atoms with Crippen LogP contribution in [0, 0.1) is 6.92 Å². The lowest BCUT2D eigenvalue weighted by Crippen LogP contribution is -2.12. The maximum atomic E-state index is 11.8. The molecule has 5 nitrogen and oxygen atoms in total. The van der Waals surface area contributed by atoms with Gasteiger partial charge >= 0.3 is 10.1 Å². The molecule has 0 atom stereocenters. The third-order valence-electron chi connectivity index (χ3n) is 3.29. The van der Waals surface area contributed by atoms with Crippen LogP contribution in [0.25, 0.3) is 22.6 Å². The highest BCUT2D eigenvalue weighted by Gasteiger charge is 2.18. The Balaban J connectivity index is 2.14. The van der Waals surface area contributed by atoms with Crippen LogP contribution in [-0.2, 0) is 10.1 Å². The molecule has 0 N–H and O–H groups in total. The second-order valence-corrected chi connectivity index (χ2v) is 7.36. The molecule has 3 rings (SSSR count). The van der Waals surface area contributed by atoms with Gasteiger partial charge in [0.05, 0.1) is 11.3 Å². The predicted molar refractivity (Wildman–Crippen MR) is 89.3 cm³/mol. The molecular weight excluding hydrogens is 338 g/mol. The minimum Gasteiger partial charge on any atom is -0.436 e. The van der Waals surface area contributed by atoms with E-state index in [-0.39, 0.29) is 17.4 Å². The van der Waals surface area contributed by atoms with E-state index in [0.717, 1.165) is 5.56 Å². The van der Waals surface area contributed by atoms with Crippen molar-refractivity contribution in [3.05, 3.63) is 47.0 Å². The average molecular weight is 352 g/mol. The highest BCUT2D eigenvalue weighted by Crippen LogP contribution is 2.34. The van der Waals surface area contributed by atoms with Gasteiger partial charge in [-0.05, 0) is 43.7 Å². The van der Waals surface area contributed by atoms with Crippen LogP contribution in [0.5, 0.6) is 5.75 Å². The van der Waals surface area contributed by atoms with Crippen molar-refractivity contribution in [2.75, 3.05) is 5.75 Å². The maximum absolute atomic E-state index is 11.8. The highest BCUT2D eigenvalue weighted by atomic mass is 35.5. The van der Waals surface area contributed by atoms with Gasteiger partial charge in [-0.3, -0.25) is 0 Å². The van der Waals surface area contributed by atoms with Crippen molar-refractivity contribution in [2.45, 2.75) is 13.8 Å². The number of halogens is 1. The van der Waals surface area contributed by atoms with E-state index >= 15 is 0 Å². The van der Waals surface area contributed by atoms with Gasteiger partial charge in [0, 0.05) is 11.1 Å². The largest absolute Gasteiger partial charge is 0.436 e. The third-order valence-corrected chi connectivity index (χ3v) is 4.66. The third kappa shape index (κ3) is 3.33. The quantitative estimate of drug-likeness (QED) is 0.659. The van der Waals surface area contributed by atoms with Crippen LogP contribution in [0.4, 0.5) is 0 Å². The minimum absolute atomic E-state index is 0.0997. The summed E-state index contributed by atoms with van der Waals surface area (Å²) >= 11 is 5.95. The molecule has 0 unspecified atom stereocenters. The first-order valence-corrected chi connectivity index (χ1v) is 8.93. The van der Waals surface area contributed by atoms with Gasteiger partial charge in [0.1, 0.15) is 5.52 Å². The van der Waals surface area contributed by atoms with Crippen molar-refractivity contribution in [3.63, 3.8) is 0 Å². The zero-order valence-electron chi connectivity index (χ0n) is 12.5. The second-order valence-electron chi connectivity index (χ2n) is 5.06. The van der Waals surface area contributed by atoms with Gasteiger partial charge in [-0.15, -0.1) is 0 Å². The van der Waals surface area contributed by atoms with Crippen molar-refractivity contribution >= 4 is 32.8 Å². The SMILES string of the molecule is CCS(=O)(=O)Oc1cc(Cl)ccc1-c1nc2cc(C)ccc2o1. The summed E-state index contributed by atoms with van der Waals surface area (Å²) in [5.74, 6) is 0.234. The molecule has 1 heterocycles. The Hall–Kier alpha value is -2.05. The number of hydrogen-bond donors (Lipinski definition) is 0. The summed E-state index contributed by atoms with van der Waals surface area (Å²) in [5, 5.41) is 0.363. The molecule has 0 aliphatic heterocycles. The molecule has 0 aliphatic carbocycles. The topological polar surface area (TPSA) is 69.4 Å². The number of aromatic nitrogens is 1. The smallest absolute Gasteiger partial charge is 0.308 e. The Bertz CT molecular complexity index is 979. The van der Waals surface area contributed by atoms with Crippen molar-refractivity contribution in [3.8, 4) is 17.2 Å². The molecule has 0 amide bonds. The van der Waals surface area contributed by atoms with E-state index in [1.165, 1.54) is 13.0 Å². The summed E-state index contributed by atoms with van der Waals surface area (Å²) in [6.07, 6.45) is 0. The summed E-state index contributed by atoms with van der Waals surface area (Å²) in [6.45, 7) is 3.46. The van der Waals surface area contributed by atoms with Gasteiger partial charge < -0.3 is 8.60 Å². The van der Waals surface area contributed by atoms with Crippen LogP contribution in [0.1, 0.15) is 12.5 Å². The normalized spacial score (nSPS) is 11.8. The lowest BCUT2D eigenvalue weighted by atomic mass is 10.2. The second kappa shape index (κ2) is 5.86. The molecular formula is C16H14ClNO4S. The van der Waals surface area contributed by atoms with Crippen LogP contribution in [0.15, 0.2) is 40.8 Å². The molecule has 0 bridgehead atoms. The average Bonchev–Trinajstić information content (AvgIpc) is 2.89. The van der Waals surface area contributed by atoms with E-state index in [2.05, 4.69) is 4.98 Å². The number of fused-ring (bicyclic) bond motifs is 1. The van der Waals surface area contributed by atoms with Crippen molar-refractivity contribution in [1.29, 1.82) is 0 Å². The predicted octanol–water partition coefficient (Wildman–Crippen LogP) is 4.19. The molecule has 7 heteroatoms. The number of hydrogen-bond acceptors (Lipinski definition) is 5. The van der Waals surface area contributed by atoms with E-state index in [4.69, 9.17) is 20.2 Å². The van der Waals surface area contributed by atoms with Crippen LogP contribution in [0.3, 0.4) is 0 Å². The molecule has 0 spiro atoms. The Morgan fingerprint density at radius 3 is 2.74 bits per heavy atom. The van der Waals surface area contributed by atoms with E-state index in [1.807, 2.05) is 25.1 Å². The molecule has 23 heavy (non-hydrogen) atoms. The summed E-state index contributed by atoms with van der Waals surface area (Å²) in [6, 6.07) is 10.3. The van der Waals surface area contributed by atoms with E-state index in [1.54, 1.807) is 12.1 Å². The fourth-order valence-corrected chi connectivity index (χ4v) is 2.78. The fraction of sp³-hybridized carbons (Fsp3) is 0.188. The van der Waals surface area contributed by atoms with Crippen molar-refractivity contribution < 1.29 is 17.0 Å². The van der Waals surface area contributed by atoms with Gasteiger partial charge in [-0.2, -0.15) is 8.42 Å². The van der Waals surface area contributed by atoms with Gasteiger partial charge in [0.15, 0.2) is 11.3 Å². The van der Waals surface area contributed by atoms with Crippen molar-refractivity contribution in [2.24, 2.45) is 0 Å². The molecule has 2 aromatic carbocycles. The molecule has 0 saturated carbocycles. The first-order chi connectivity index (χ1) is 10.9. The van der Waals surface area contributed by atoms with Crippen molar-refractivity contribution in [1.82, 2.24) is 4.98 Å². The number of rotatable bonds is 4. The number of nitrogens with zero attached hydrogens (tertiary/aromatic N) is 1. The Morgan fingerprint density at radius 2 is 2.00 bits per heavy atom. The highest BCUT2D eigenvalue weighted by molar-refractivity contribution is 7.87. The molecule has 1 aromatic heterocycles. The van der Waals surface area contributed by atoms with Crippen LogP contribution in [-0.4, -0.2) is 19.2 Å². The van der Waals surface area contributed by atoms with E-state index in [9.17, 15) is 8.42 Å². The molecule has 0 saturated heterocycles. The van der Waals surface area contributed by atoms with Gasteiger partial charge in [-0.25, -0.2) is 4.98 Å².